The van der Waals surface area contributed by atoms with Crippen LogP contribution < -0.4 is 5.73 Å². The van der Waals surface area contributed by atoms with Gasteiger partial charge in [0.1, 0.15) is 0 Å². The molecule has 21 heavy (non-hydrogen) atoms. The van der Waals surface area contributed by atoms with Gasteiger partial charge in [-0.3, -0.25) is 4.79 Å². The van der Waals surface area contributed by atoms with E-state index in [1.54, 1.807) is 29.5 Å². The van der Waals surface area contributed by atoms with Crippen LogP contribution in [0.4, 0.5) is 5.69 Å². The van der Waals surface area contributed by atoms with E-state index >= 15 is 0 Å². The molecule has 2 aromatic rings. The number of carbonyl (C=O) groups is 1. The normalized spacial score (nSPS) is 17.6. The van der Waals surface area contributed by atoms with Gasteiger partial charge in [0.05, 0.1) is 22.3 Å². The van der Waals surface area contributed by atoms with E-state index in [0.717, 1.165) is 19.4 Å². The van der Waals surface area contributed by atoms with Gasteiger partial charge in [-0.2, -0.15) is 0 Å². The van der Waals surface area contributed by atoms with Crippen molar-refractivity contribution in [2.75, 3.05) is 12.3 Å². The third-order valence-electron chi connectivity index (χ3n) is 4.03. The number of nitrogens with zero attached hydrogens (tertiary/aromatic N) is 1. The van der Waals surface area contributed by atoms with E-state index in [2.05, 4.69) is 18.4 Å². The Balaban J connectivity index is 1.97. The van der Waals surface area contributed by atoms with Gasteiger partial charge in [0.25, 0.3) is 5.91 Å². The Morgan fingerprint density at radius 2 is 2.29 bits per heavy atom. The van der Waals surface area contributed by atoms with Gasteiger partial charge in [-0.15, -0.1) is 11.3 Å². The van der Waals surface area contributed by atoms with Gasteiger partial charge in [0, 0.05) is 11.4 Å². The van der Waals surface area contributed by atoms with Gasteiger partial charge in [0.2, 0.25) is 0 Å². The van der Waals surface area contributed by atoms with Crippen LogP contribution in [0.1, 0.15) is 40.2 Å². The second-order valence-electron chi connectivity index (χ2n) is 5.17. The number of rotatable bonds is 2. The lowest BCUT2D eigenvalue weighted by molar-refractivity contribution is 0.0658. The highest BCUT2D eigenvalue weighted by Crippen LogP contribution is 2.37. The summed E-state index contributed by atoms with van der Waals surface area (Å²) in [5, 5.41) is 2.54. The number of nitrogens with two attached hydrogens (primary N) is 1. The average Bonchev–Trinajstić information content (AvgIpc) is 2.96. The topological polar surface area (TPSA) is 46.3 Å². The first-order valence-electron chi connectivity index (χ1n) is 7.04. The van der Waals surface area contributed by atoms with Crippen molar-refractivity contribution in [2.45, 2.75) is 25.8 Å². The summed E-state index contributed by atoms with van der Waals surface area (Å²) in [6, 6.07) is 7.49. The van der Waals surface area contributed by atoms with Gasteiger partial charge in [-0.1, -0.05) is 24.6 Å². The van der Waals surface area contributed by atoms with Crippen molar-refractivity contribution in [1.82, 2.24) is 4.90 Å². The quantitative estimate of drug-likeness (QED) is 0.845. The van der Waals surface area contributed by atoms with Crippen molar-refractivity contribution in [3.05, 3.63) is 50.7 Å². The molecule has 0 radical (unpaired) electrons. The molecular formula is C16H17ClN2OS. The summed E-state index contributed by atoms with van der Waals surface area (Å²) in [5.41, 5.74) is 8.12. The molecule has 0 bridgehead atoms. The maximum Gasteiger partial charge on any atom is 0.256 e. The van der Waals surface area contributed by atoms with E-state index in [1.165, 1.54) is 10.4 Å². The summed E-state index contributed by atoms with van der Waals surface area (Å²) in [5.74, 6) is -0.0290. The van der Waals surface area contributed by atoms with Crippen molar-refractivity contribution >= 4 is 34.5 Å². The van der Waals surface area contributed by atoms with Crippen molar-refractivity contribution in [3.8, 4) is 0 Å². The van der Waals surface area contributed by atoms with Crippen LogP contribution in [0.15, 0.2) is 29.6 Å². The molecule has 0 fully saturated rings. The zero-order chi connectivity index (χ0) is 15.0. The molecule has 2 N–H and O–H groups in total. The van der Waals surface area contributed by atoms with E-state index < -0.39 is 0 Å². The third-order valence-corrected chi connectivity index (χ3v) is 5.35. The first-order chi connectivity index (χ1) is 10.1. The molecule has 1 aliphatic rings. The summed E-state index contributed by atoms with van der Waals surface area (Å²) in [7, 11) is 0. The van der Waals surface area contributed by atoms with Gasteiger partial charge in [0.15, 0.2) is 0 Å². The predicted octanol–water partition coefficient (Wildman–Crippen LogP) is 4.13. The van der Waals surface area contributed by atoms with Crippen molar-refractivity contribution in [1.29, 1.82) is 0 Å². The highest BCUT2D eigenvalue weighted by Gasteiger charge is 2.31. The van der Waals surface area contributed by atoms with E-state index in [4.69, 9.17) is 17.3 Å². The molecule has 0 saturated carbocycles. The highest BCUT2D eigenvalue weighted by molar-refractivity contribution is 7.10. The zero-order valence-electron chi connectivity index (χ0n) is 11.8. The first-order valence-corrected chi connectivity index (χ1v) is 8.30. The molecule has 1 aromatic heterocycles. The number of fused-ring (bicyclic) bond motifs is 1. The standard InChI is InChI=1S/C16H17ClN2OS/c1-2-13-10-7-9-21-14(10)6-8-19(13)16(20)11-4-3-5-12(17)15(11)18/h3-5,7,9,13H,2,6,8,18H2,1H3. The molecule has 1 amide bonds. The Hall–Kier alpha value is -1.52. The number of para-hydroxylation sites is 1. The number of benzene rings is 1. The molecule has 1 aromatic carbocycles. The van der Waals surface area contributed by atoms with Gasteiger partial charge in [-0.25, -0.2) is 0 Å². The van der Waals surface area contributed by atoms with Crippen LogP contribution in [-0.2, 0) is 6.42 Å². The maximum absolute atomic E-state index is 12.9. The number of amides is 1. The largest absolute Gasteiger partial charge is 0.397 e. The molecule has 0 spiro atoms. The van der Waals surface area contributed by atoms with Crippen LogP contribution in [0.25, 0.3) is 0 Å². The predicted molar refractivity (Wildman–Crippen MR) is 88.0 cm³/mol. The van der Waals surface area contributed by atoms with Crippen molar-refractivity contribution in [2.24, 2.45) is 0 Å². The lowest BCUT2D eigenvalue weighted by atomic mass is 9.96. The Bertz CT molecular complexity index is 683. The highest BCUT2D eigenvalue weighted by atomic mass is 35.5. The molecule has 0 saturated heterocycles. The zero-order valence-corrected chi connectivity index (χ0v) is 13.4. The molecular weight excluding hydrogens is 304 g/mol. The third kappa shape index (κ3) is 2.43. The van der Waals surface area contributed by atoms with Gasteiger partial charge in [-0.05, 0) is 42.0 Å². The minimum atomic E-state index is -0.0290. The summed E-state index contributed by atoms with van der Waals surface area (Å²) >= 11 is 7.81. The fraction of sp³-hybridized carbons (Fsp3) is 0.312. The van der Waals surface area contributed by atoms with Crippen molar-refractivity contribution in [3.63, 3.8) is 0 Å². The Morgan fingerprint density at radius 1 is 1.48 bits per heavy atom. The van der Waals surface area contributed by atoms with Gasteiger partial charge < -0.3 is 10.6 Å². The second kappa shape index (κ2) is 5.70. The number of anilines is 1. The van der Waals surface area contributed by atoms with Crippen LogP contribution in [-0.4, -0.2) is 17.4 Å². The molecule has 0 aliphatic carbocycles. The average molecular weight is 321 g/mol. The Kier molecular flexibility index (Phi) is 3.91. The molecule has 1 atom stereocenters. The van der Waals surface area contributed by atoms with Crippen LogP contribution in [0.5, 0.6) is 0 Å². The molecule has 3 rings (SSSR count). The van der Waals surface area contributed by atoms with Crippen LogP contribution >= 0.6 is 22.9 Å². The van der Waals surface area contributed by atoms with Crippen molar-refractivity contribution < 1.29 is 4.79 Å². The van der Waals surface area contributed by atoms with E-state index in [-0.39, 0.29) is 11.9 Å². The SMILES string of the molecule is CCC1c2ccsc2CCN1C(=O)c1cccc(Cl)c1N. The first kappa shape index (κ1) is 14.4. The monoisotopic (exact) mass is 320 g/mol. The van der Waals surface area contributed by atoms with Crippen LogP contribution in [0.3, 0.4) is 0 Å². The smallest absolute Gasteiger partial charge is 0.256 e. The summed E-state index contributed by atoms with van der Waals surface area (Å²) in [4.78, 5) is 16.2. The summed E-state index contributed by atoms with van der Waals surface area (Å²) in [6.45, 7) is 2.84. The lowest BCUT2D eigenvalue weighted by Gasteiger charge is -2.35. The van der Waals surface area contributed by atoms with Gasteiger partial charge >= 0.3 is 0 Å². The summed E-state index contributed by atoms with van der Waals surface area (Å²) in [6.07, 6.45) is 1.81. The van der Waals surface area contributed by atoms with E-state index in [9.17, 15) is 4.79 Å². The minimum Gasteiger partial charge on any atom is -0.397 e. The fourth-order valence-electron chi connectivity index (χ4n) is 2.96. The number of hydrogen-bond acceptors (Lipinski definition) is 3. The van der Waals surface area contributed by atoms with Crippen LogP contribution in [0, 0.1) is 0 Å². The van der Waals surface area contributed by atoms with Crippen LogP contribution in [0.2, 0.25) is 5.02 Å². The number of halogens is 1. The summed E-state index contributed by atoms with van der Waals surface area (Å²) < 4.78 is 0. The molecule has 110 valence electrons. The molecule has 2 heterocycles. The maximum atomic E-state index is 12.9. The second-order valence-corrected chi connectivity index (χ2v) is 6.58. The van der Waals surface area contributed by atoms with E-state index in [0.29, 0.717) is 16.3 Å². The molecule has 1 unspecified atom stereocenters. The molecule has 5 heteroatoms. The Morgan fingerprint density at radius 3 is 3.05 bits per heavy atom. The number of nitrogen functional groups attached to an aromatic ring is 1. The van der Waals surface area contributed by atoms with E-state index in [1.807, 2.05) is 4.90 Å². The Labute approximate surface area is 133 Å². The fourth-order valence-corrected chi connectivity index (χ4v) is 4.06. The number of carbonyl (C=O) groups excluding carboxylic acids is 1. The number of hydrogen-bond donors (Lipinski definition) is 1. The molecule has 3 nitrogen and oxygen atoms in total. The minimum absolute atomic E-state index is 0.0290. The lowest BCUT2D eigenvalue weighted by Crippen LogP contribution is -2.39. The number of thiophene rings is 1. The molecule has 1 aliphatic heterocycles.